The molecule has 2 aromatic rings. The number of aliphatic carboxylic acids is 1. The van der Waals surface area contributed by atoms with Gasteiger partial charge in [-0.05, 0) is 46.1 Å². The Balaban J connectivity index is 1.71. The van der Waals surface area contributed by atoms with E-state index in [0.29, 0.717) is 23.4 Å². The molecule has 0 unspecified atom stereocenters. The lowest BCUT2D eigenvalue weighted by atomic mass is 9.78. The van der Waals surface area contributed by atoms with Gasteiger partial charge in [-0.3, -0.25) is 9.59 Å². The highest BCUT2D eigenvalue weighted by atomic mass is 32.1. The summed E-state index contributed by atoms with van der Waals surface area (Å²) in [4.78, 5) is 38.9. The van der Waals surface area contributed by atoms with Crippen LogP contribution < -0.4 is 5.32 Å². The van der Waals surface area contributed by atoms with E-state index in [-0.39, 0.29) is 6.10 Å². The van der Waals surface area contributed by atoms with Crippen molar-refractivity contribution < 1.29 is 29.0 Å². The fraction of sp³-hybridized carbons (Fsp3) is 0.458. The number of thiophene rings is 1. The van der Waals surface area contributed by atoms with E-state index >= 15 is 0 Å². The highest BCUT2D eigenvalue weighted by Gasteiger charge is 2.55. The maximum absolute atomic E-state index is 13.2. The first kappa shape index (κ1) is 22.5. The zero-order valence-corrected chi connectivity index (χ0v) is 19.3. The molecule has 0 aliphatic carbocycles. The molecule has 32 heavy (non-hydrogen) atoms. The van der Waals surface area contributed by atoms with Gasteiger partial charge < -0.3 is 19.9 Å². The molecule has 2 aliphatic rings. The normalized spacial score (nSPS) is 24.0. The molecule has 2 N–H and O–H groups in total. The van der Waals surface area contributed by atoms with E-state index in [0.717, 1.165) is 21.6 Å². The van der Waals surface area contributed by atoms with Crippen molar-refractivity contribution in [1.82, 2.24) is 0 Å². The van der Waals surface area contributed by atoms with Crippen LogP contribution in [0.1, 0.15) is 47.5 Å². The van der Waals surface area contributed by atoms with E-state index in [9.17, 15) is 19.5 Å². The Kier molecular flexibility index (Phi) is 6.09. The summed E-state index contributed by atoms with van der Waals surface area (Å²) >= 11 is 1.29. The van der Waals surface area contributed by atoms with Gasteiger partial charge in [0.1, 0.15) is 10.6 Å². The fourth-order valence-electron chi connectivity index (χ4n) is 4.69. The molecule has 8 heteroatoms. The minimum absolute atomic E-state index is 0.300. The quantitative estimate of drug-likeness (QED) is 0.623. The van der Waals surface area contributed by atoms with Crippen molar-refractivity contribution in [2.75, 3.05) is 5.32 Å². The van der Waals surface area contributed by atoms with E-state index in [1.807, 2.05) is 38.1 Å². The number of benzene rings is 1. The number of fused-ring (bicyclic) bond motifs is 2. The highest BCUT2D eigenvalue weighted by molar-refractivity contribution is 7.17. The number of hydrogen-bond acceptors (Lipinski definition) is 6. The summed E-state index contributed by atoms with van der Waals surface area (Å²) in [7, 11) is 0. The monoisotopic (exact) mass is 457 g/mol. The first-order valence-electron chi connectivity index (χ1n) is 10.8. The van der Waals surface area contributed by atoms with Crippen LogP contribution in [0, 0.1) is 25.7 Å². The molecule has 4 rings (SSSR count). The summed E-state index contributed by atoms with van der Waals surface area (Å²) in [6.07, 6.45) is 0.129. The number of rotatable bonds is 6. The van der Waals surface area contributed by atoms with Crippen LogP contribution in [0.3, 0.4) is 0 Å². The highest BCUT2D eigenvalue weighted by Crippen LogP contribution is 2.45. The topological polar surface area (TPSA) is 102 Å². The molecule has 2 bridgehead atoms. The van der Waals surface area contributed by atoms with Gasteiger partial charge in [0.15, 0.2) is 0 Å². The average Bonchev–Trinajstić information content (AvgIpc) is 3.41. The third-order valence-corrected chi connectivity index (χ3v) is 7.09. The number of carboxylic acid groups (broad SMARTS) is 1. The number of esters is 1. The molecule has 2 aliphatic heterocycles. The van der Waals surface area contributed by atoms with Gasteiger partial charge in [-0.25, -0.2) is 4.79 Å². The molecule has 170 valence electrons. The number of carbonyl (C=O) groups is 3. The van der Waals surface area contributed by atoms with Gasteiger partial charge in [0, 0.05) is 10.4 Å². The summed E-state index contributed by atoms with van der Waals surface area (Å²) < 4.78 is 11.2. The lowest BCUT2D eigenvalue weighted by molar-refractivity contribution is -0.147. The zero-order valence-electron chi connectivity index (χ0n) is 18.5. The number of hydrogen-bond donors (Lipinski definition) is 2. The molecule has 0 spiro atoms. The number of ether oxygens (including phenoxy) is 2. The Labute approximate surface area is 190 Å². The smallest absolute Gasteiger partial charge is 0.342 e. The molecular weight excluding hydrogens is 430 g/mol. The molecular formula is C24H27NO6S. The number of carbonyl (C=O) groups excluding carboxylic acids is 2. The second-order valence-corrected chi connectivity index (χ2v) is 9.95. The SMILES string of the molecule is Cc1ccc(-c2c(C)sc(NC(=O)[C@@H]3[C@@H](C(=O)O)[C@H]4CC[C@@H]3O4)c2C(=O)OC(C)C)cc1. The number of carboxylic acids is 1. The van der Waals surface area contributed by atoms with Crippen molar-refractivity contribution in [3.63, 3.8) is 0 Å². The maximum Gasteiger partial charge on any atom is 0.342 e. The van der Waals surface area contributed by atoms with Gasteiger partial charge in [0.25, 0.3) is 0 Å². The first-order valence-corrected chi connectivity index (χ1v) is 11.6. The van der Waals surface area contributed by atoms with E-state index in [1.54, 1.807) is 13.8 Å². The zero-order chi connectivity index (χ0) is 23.2. The largest absolute Gasteiger partial charge is 0.481 e. The van der Waals surface area contributed by atoms with Crippen molar-refractivity contribution >= 4 is 34.2 Å². The molecule has 1 amide bonds. The van der Waals surface area contributed by atoms with Crippen molar-refractivity contribution in [3.05, 3.63) is 40.3 Å². The van der Waals surface area contributed by atoms with Gasteiger partial charge in [0.05, 0.1) is 30.1 Å². The second-order valence-electron chi connectivity index (χ2n) is 8.73. The summed E-state index contributed by atoms with van der Waals surface area (Å²) in [5.74, 6) is -3.64. The van der Waals surface area contributed by atoms with Crippen molar-refractivity contribution in [2.24, 2.45) is 11.8 Å². The van der Waals surface area contributed by atoms with Gasteiger partial charge in [0.2, 0.25) is 5.91 Å². The number of nitrogens with one attached hydrogen (secondary N) is 1. The average molecular weight is 458 g/mol. The van der Waals surface area contributed by atoms with Crippen molar-refractivity contribution in [2.45, 2.75) is 58.8 Å². The minimum Gasteiger partial charge on any atom is -0.481 e. The third-order valence-electron chi connectivity index (χ3n) is 6.07. The molecule has 7 nitrogen and oxygen atoms in total. The Bertz CT molecular complexity index is 1060. The van der Waals surface area contributed by atoms with Crippen LogP contribution in [0.15, 0.2) is 24.3 Å². The number of anilines is 1. The van der Waals surface area contributed by atoms with Crippen LogP contribution >= 0.6 is 11.3 Å². The number of amides is 1. The Morgan fingerprint density at radius 2 is 1.72 bits per heavy atom. The standard InChI is InChI=1S/C24H27NO6S/c1-11(2)30-24(29)20-17(14-7-5-12(3)6-8-14)13(4)32-22(20)25-21(26)18-15-9-10-16(31-15)19(18)23(27)28/h5-8,11,15-16,18-19H,9-10H2,1-4H3,(H,25,26)(H,27,28)/t15-,16+,18-,19-/m0/s1. The van der Waals surface area contributed by atoms with Crippen LogP contribution in [-0.4, -0.2) is 41.3 Å². The van der Waals surface area contributed by atoms with Crippen molar-refractivity contribution in [1.29, 1.82) is 0 Å². The van der Waals surface area contributed by atoms with Gasteiger partial charge in [-0.2, -0.15) is 0 Å². The number of aryl methyl sites for hydroxylation is 2. The summed E-state index contributed by atoms with van der Waals surface area (Å²) in [5, 5.41) is 12.9. The lowest BCUT2D eigenvalue weighted by Crippen LogP contribution is -2.41. The van der Waals surface area contributed by atoms with Crippen LogP contribution in [0.2, 0.25) is 0 Å². The summed E-state index contributed by atoms with van der Waals surface area (Å²) in [5.41, 5.74) is 2.97. The second kappa shape index (κ2) is 8.67. The summed E-state index contributed by atoms with van der Waals surface area (Å²) in [6, 6.07) is 7.80. The van der Waals surface area contributed by atoms with Crippen LogP contribution in [0.5, 0.6) is 0 Å². The molecule has 4 atom stereocenters. The molecule has 0 radical (unpaired) electrons. The van der Waals surface area contributed by atoms with E-state index in [1.165, 1.54) is 11.3 Å². The van der Waals surface area contributed by atoms with E-state index in [2.05, 4.69) is 5.32 Å². The Hall–Kier alpha value is -2.71. The Morgan fingerprint density at radius 1 is 1.09 bits per heavy atom. The molecule has 1 aromatic carbocycles. The molecule has 1 aromatic heterocycles. The van der Waals surface area contributed by atoms with E-state index in [4.69, 9.17) is 9.47 Å². The third kappa shape index (κ3) is 4.04. The Morgan fingerprint density at radius 3 is 2.31 bits per heavy atom. The van der Waals surface area contributed by atoms with Crippen LogP contribution in [0.4, 0.5) is 5.00 Å². The van der Waals surface area contributed by atoms with Crippen LogP contribution in [0.25, 0.3) is 11.1 Å². The predicted octanol–water partition coefficient (Wildman–Crippen LogP) is 4.41. The minimum atomic E-state index is -1.03. The molecule has 2 fully saturated rings. The summed E-state index contributed by atoms with van der Waals surface area (Å²) in [6.45, 7) is 7.42. The predicted molar refractivity (Wildman–Crippen MR) is 121 cm³/mol. The van der Waals surface area contributed by atoms with Gasteiger partial charge in [-0.1, -0.05) is 29.8 Å². The molecule has 0 saturated carbocycles. The maximum atomic E-state index is 13.2. The fourth-order valence-corrected chi connectivity index (χ4v) is 5.76. The van der Waals surface area contributed by atoms with Crippen molar-refractivity contribution in [3.8, 4) is 11.1 Å². The van der Waals surface area contributed by atoms with Gasteiger partial charge in [-0.15, -0.1) is 11.3 Å². The first-order chi connectivity index (χ1) is 15.2. The van der Waals surface area contributed by atoms with Gasteiger partial charge >= 0.3 is 11.9 Å². The molecule has 3 heterocycles. The van der Waals surface area contributed by atoms with Crippen LogP contribution in [-0.2, 0) is 19.1 Å². The lowest BCUT2D eigenvalue weighted by Gasteiger charge is -2.23. The molecule has 2 saturated heterocycles. The van der Waals surface area contributed by atoms with E-state index < -0.39 is 41.9 Å².